The summed E-state index contributed by atoms with van der Waals surface area (Å²) in [5.74, 6) is 0.827. The summed E-state index contributed by atoms with van der Waals surface area (Å²) >= 11 is 0. The van der Waals surface area contributed by atoms with E-state index in [-0.39, 0.29) is 0 Å². The second-order valence-corrected chi connectivity index (χ2v) is 6.19. The highest BCUT2D eigenvalue weighted by Crippen LogP contribution is 2.38. The second-order valence-electron chi connectivity index (χ2n) is 6.19. The van der Waals surface area contributed by atoms with Crippen molar-refractivity contribution in [1.29, 1.82) is 0 Å². The van der Waals surface area contributed by atoms with Gasteiger partial charge in [-0.15, -0.1) is 0 Å². The number of hydrogen-bond acceptors (Lipinski definition) is 2. The van der Waals surface area contributed by atoms with Gasteiger partial charge in [0.1, 0.15) is 0 Å². The summed E-state index contributed by atoms with van der Waals surface area (Å²) in [6.45, 7) is 12.8. The standard InChI is InChI=1S/C14H30N2/c1-6-15-13-8-9-14(3,4)10-12(13)11-16(5)7-2/h12-13,15H,6-11H2,1-5H3. The molecule has 2 nitrogen and oxygen atoms in total. The molecule has 1 aliphatic carbocycles. The van der Waals surface area contributed by atoms with Crippen molar-refractivity contribution >= 4 is 0 Å². The molecule has 0 aromatic heterocycles. The van der Waals surface area contributed by atoms with Gasteiger partial charge in [0.15, 0.2) is 0 Å². The Kier molecular flexibility index (Phi) is 5.26. The van der Waals surface area contributed by atoms with Crippen LogP contribution in [0.4, 0.5) is 0 Å². The lowest BCUT2D eigenvalue weighted by Gasteiger charge is -2.42. The van der Waals surface area contributed by atoms with E-state index >= 15 is 0 Å². The monoisotopic (exact) mass is 226 g/mol. The molecule has 1 rings (SSSR count). The van der Waals surface area contributed by atoms with Crippen molar-refractivity contribution in [3.8, 4) is 0 Å². The molecule has 2 heteroatoms. The maximum Gasteiger partial charge on any atom is 0.0108 e. The fourth-order valence-corrected chi connectivity index (χ4v) is 2.99. The zero-order valence-corrected chi connectivity index (χ0v) is 11.8. The number of nitrogens with one attached hydrogen (secondary N) is 1. The Morgan fingerprint density at radius 3 is 2.56 bits per heavy atom. The lowest BCUT2D eigenvalue weighted by atomic mass is 9.69. The third-order valence-corrected chi connectivity index (χ3v) is 4.07. The maximum absolute atomic E-state index is 3.68. The Balaban J connectivity index is 2.57. The van der Waals surface area contributed by atoms with Crippen molar-refractivity contribution in [2.24, 2.45) is 11.3 Å². The topological polar surface area (TPSA) is 15.3 Å². The summed E-state index contributed by atoms with van der Waals surface area (Å²) in [6, 6.07) is 0.743. The molecule has 0 aromatic rings. The molecule has 0 amide bonds. The quantitative estimate of drug-likeness (QED) is 0.775. The summed E-state index contributed by atoms with van der Waals surface area (Å²) < 4.78 is 0. The summed E-state index contributed by atoms with van der Waals surface area (Å²) in [5, 5.41) is 3.68. The van der Waals surface area contributed by atoms with Crippen LogP contribution in [0.5, 0.6) is 0 Å². The summed E-state index contributed by atoms with van der Waals surface area (Å²) in [6.07, 6.45) is 4.09. The van der Waals surface area contributed by atoms with E-state index in [1.54, 1.807) is 0 Å². The van der Waals surface area contributed by atoms with Crippen molar-refractivity contribution in [3.05, 3.63) is 0 Å². The smallest absolute Gasteiger partial charge is 0.0108 e. The highest BCUT2D eigenvalue weighted by molar-refractivity contribution is 4.89. The van der Waals surface area contributed by atoms with Gasteiger partial charge < -0.3 is 10.2 Å². The molecule has 2 atom stereocenters. The third-order valence-electron chi connectivity index (χ3n) is 4.07. The van der Waals surface area contributed by atoms with E-state index in [2.05, 4.69) is 45.0 Å². The van der Waals surface area contributed by atoms with Crippen LogP contribution in [-0.4, -0.2) is 37.6 Å². The summed E-state index contributed by atoms with van der Waals surface area (Å²) in [5.41, 5.74) is 0.547. The van der Waals surface area contributed by atoms with Crippen LogP contribution in [0, 0.1) is 11.3 Å². The van der Waals surface area contributed by atoms with E-state index in [0.29, 0.717) is 5.41 Å². The minimum atomic E-state index is 0.547. The molecule has 2 unspecified atom stereocenters. The number of rotatable bonds is 5. The van der Waals surface area contributed by atoms with Gasteiger partial charge in [-0.2, -0.15) is 0 Å². The van der Waals surface area contributed by atoms with Gasteiger partial charge in [-0.1, -0.05) is 27.7 Å². The highest BCUT2D eigenvalue weighted by atomic mass is 15.1. The summed E-state index contributed by atoms with van der Waals surface area (Å²) in [7, 11) is 2.24. The van der Waals surface area contributed by atoms with Crippen molar-refractivity contribution < 1.29 is 0 Å². The molecule has 0 radical (unpaired) electrons. The van der Waals surface area contributed by atoms with Gasteiger partial charge in [-0.3, -0.25) is 0 Å². The Morgan fingerprint density at radius 2 is 2.00 bits per heavy atom. The SMILES string of the molecule is CCNC1CCC(C)(C)CC1CN(C)CC. The first-order valence-electron chi connectivity index (χ1n) is 6.90. The van der Waals surface area contributed by atoms with Gasteiger partial charge in [0, 0.05) is 12.6 Å². The number of nitrogens with zero attached hydrogens (tertiary/aromatic N) is 1. The van der Waals surface area contributed by atoms with Crippen LogP contribution < -0.4 is 5.32 Å². The summed E-state index contributed by atoms with van der Waals surface area (Å²) in [4.78, 5) is 2.45. The Hall–Kier alpha value is -0.0800. The van der Waals surface area contributed by atoms with Gasteiger partial charge in [0.05, 0.1) is 0 Å². The fourth-order valence-electron chi connectivity index (χ4n) is 2.99. The third kappa shape index (κ3) is 4.06. The van der Waals surface area contributed by atoms with E-state index in [4.69, 9.17) is 0 Å². The van der Waals surface area contributed by atoms with Gasteiger partial charge >= 0.3 is 0 Å². The van der Waals surface area contributed by atoms with E-state index in [1.165, 1.54) is 25.8 Å². The molecule has 0 aromatic carbocycles. The van der Waals surface area contributed by atoms with Gasteiger partial charge in [0.2, 0.25) is 0 Å². The normalized spacial score (nSPS) is 29.6. The zero-order valence-electron chi connectivity index (χ0n) is 11.8. The van der Waals surface area contributed by atoms with Crippen molar-refractivity contribution in [3.63, 3.8) is 0 Å². The minimum Gasteiger partial charge on any atom is -0.314 e. The molecule has 0 saturated heterocycles. The molecule has 1 aliphatic rings. The van der Waals surface area contributed by atoms with Crippen molar-refractivity contribution in [2.75, 3.05) is 26.7 Å². The molecule has 1 saturated carbocycles. The predicted molar refractivity (Wildman–Crippen MR) is 71.8 cm³/mol. The Bertz CT molecular complexity index is 201. The lowest BCUT2D eigenvalue weighted by molar-refractivity contribution is 0.111. The van der Waals surface area contributed by atoms with Crippen LogP contribution in [0.15, 0.2) is 0 Å². The van der Waals surface area contributed by atoms with Crippen LogP contribution in [-0.2, 0) is 0 Å². The maximum atomic E-state index is 3.68. The first-order valence-corrected chi connectivity index (χ1v) is 6.90. The number of hydrogen-bond donors (Lipinski definition) is 1. The molecule has 0 spiro atoms. The average Bonchev–Trinajstić information content (AvgIpc) is 2.21. The lowest BCUT2D eigenvalue weighted by Crippen LogP contribution is -2.46. The van der Waals surface area contributed by atoms with Crippen LogP contribution in [0.2, 0.25) is 0 Å². The second kappa shape index (κ2) is 6.02. The molecule has 1 fully saturated rings. The van der Waals surface area contributed by atoms with E-state index in [1.807, 2.05) is 0 Å². The van der Waals surface area contributed by atoms with Gasteiger partial charge in [-0.05, 0) is 50.7 Å². The van der Waals surface area contributed by atoms with Crippen LogP contribution in [0.1, 0.15) is 47.0 Å². The van der Waals surface area contributed by atoms with Crippen LogP contribution >= 0.6 is 0 Å². The molecular weight excluding hydrogens is 196 g/mol. The predicted octanol–water partition coefficient (Wildman–Crippen LogP) is 2.74. The molecule has 0 aliphatic heterocycles. The Labute approximate surface area is 102 Å². The molecule has 1 N–H and O–H groups in total. The molecule has 0 heterocycles. The molecule has 96 valence electrons. The largest absolute Gasteiger partial charge is 0.314 e. The van der Waals surface area contributed by atoms with Crippen LogP contribution in [0.25, 0.3) is 0 Å². The zero-order chi connectivity index (χ0) is 12.2. The van der Waals surface area contributed by atoms with E-state index in [9.17, 15) is 0 Å². The molecule has 16 heavy (non-hydrogen) atoms. The highest BCUT2D eigenvalue weighted by Gasteiger charge is 2.34. The van der Waals surface area contributed by atoms with Crippen LogP contribution in [0.3, 0.4) is 0 Å². The van der Waals surface area contributed by atoms with E-state index < -0.39 is 0 Å². The first-order chi connectivity index (χ1) is 7.48. The van der Waals surface area contributed by atoms with Gasteiger partial charge in [-0.25, -0.2) is 0 Å². The molecular formula is C14H30N2. The van der Waals surface area contributed by atoms with Gasteiger partial charge in [0.25, 0.3) is 0 Å². The van der Waals surface area contributed by atoms with Crippen molar-refractivity contribution in [1.82, 2.24) is 10.2 Å². The molecule has 0 bridgehead atoms. The average molecular weight is 226 g/mol. The fraction of sp³-hybridized carbons (Fsp3) is 1.00. The first kappa shape index (κ1) is 14.0. The Morgan fingerprint density at radius 1 is 1.31 bits per heavy atom. The van der Waals surface area contributed by atoms with Crippen molar-refractivity contribution in [2.45, 2.75) is 53.0 Å². The minimum absolute atomic E-state index is 0.547. The van der Waals surface area contributed by atoms with E-state index in [0.717, 1.165) is 25.0 Å².